The summed E-state index contributed by atoms with van der Waals surface area (Å²) in [5, 5.41) is 6.30. The zero-order valence-electron chi connectivity index (χ0n) is 13.4. The molecule has 0 radical (unpaired) electrons. The minimum atomic E-state index is -0.823. The predicted octanol–water partition coefficient (Wildman–Crippen LogP) is 3.66. The largest absolute Gasteiger partial charge is 0.329 e. The van der Waals surface area contributed by atoms with Crippen LogP contribution in [0.4, 0.5) is 5.69 Å². The van der Waals surface area contributed by atoms with Gasteiger partial charge in [0.25, 0.3) is 0 Å². The van der Waals surface area contributed by atoms with E-state index in [1.54, 1.807) is 12.1 Å². The Bertz CT molecular complexity index is 738. The summed E-state index contributed by atoms with van der Waals surface area (Å²) in [5.41, 5.74) is 4.74. The number of hydrazone groups is 1. The molecule has 0 aliphatic heterocycles. The minimum Gasteiger partial charge on any atom is -0.318 e. The molecule has 0 spiro atoms. The fourth-order valence-electron chi connectivity index (χ4n) is 1.90. The number of hydrogen-bond acceptors (Lipinski definition) is 3. The van der Waals surface area contributed by atoms with E-state index >= 15 is 0 Å². The minimum absolute atomic E-state index is 0.408. The Hall–Kier alpha value is -2.47. The quantitative estimate of drug-likeness (QED) is 0.477. The van der Waals surface area contributed by atoms with Gasteiger partial charge in [-0.1, -0.05) is 54.0 Å². The standard InChI is InChI=1S/C18H18BrN3O2/c1-12(2)14-5-9-16(10-6-14)21-17(23)18(24)22-20-11-13-3-7-15(19)8-4-13/h3-12H,1-2H3,(H,21,23)(H,22,24)/b20-11-. The predicted molar refractivity (Wildman–Crippen MR) is 99.0 cm³/mol. The molecule has 0 heterocycles. The number of nitrogens with one attached hydrogen (secondary N) is 2. The SMILES string of the molecule is CC(C)c1ccc(NC(=O)C(=O)N/N=C\c2ccc(Br)cc2)cc1. The number of nitrogens with zero attached hydrogens (tertiary/aromatic N) is 1. The van der Waals surface area contributed by atoms with Gasteiger partial charge in [-0.3, -0.25) is 9.59 Å². The van der Waals surface area contributed by atoms with Gasteiger partial charge in [0, 0.05) is 10.2 Å². The Morgan fingerprint density at radius 2 is 1.62 bits per heavy atom. The summed E-state index contributed by atoms with van der Waals surface area (Å²) < 4.78 is 0.951. The second kappa shape index (κ2) is 8.40. The Balaban J connectivity index is 1.87. The average Bonchev–Trinajstić information content (AvgIpc) is 2.57. The van der Waals surface area contributed by atoms with E-state index in [4.69, 9.17) is 0 Å². The molecular formula is C18H18BrN3O2. The first-order valence-corrected chi connectivity index (χ1v) is 8.25. The van der Waals surface area contributed by atoms with Crippen molar-refractivity contribution in [2.45, 2.75) is 19.8 Å². The highest BCUT2D eigenvalue weighted by molar-refractivity contribution is 9.10. The van der Waals surface area contributed by atoms with Crippen molar-refractivity contribution in [2.24, 2.45) is 5.10 Å². The van der Waals surface area contributed by atoms with Crippen molar-refractivity contribution >= 4 is 39.6 Å². The number of anilines is 1. The van der Waals surface area contributed by atoms with E-state index in [0.717, 1.165) is 15.6 Å². The fourth-order valence-corrected chi connectivity index (χ4v) is 2.17. The monoisotopic (exact) mass is 387 g/mol. The molecule has 0 saturated carbocycles. The van der Waals surface area contributed by atoms with Gasteiger partial charge < -0.3 is 5.32 Å². The van der Waals surface area contributed by atoms with Gasteiger partial charge in [0.15, 0.2) is 0 Å². The van der Waals surface area contributed by atoms with Crippen LogP contribution >= 0.6 is 15.9 Å². The molecule has 0 aliphatic carbocycles. The highest BCUT2D eigenvalue weighted by atomic mass is 79.9. The lowest BCUT2D eigenvalue weighted by Gasteiger charge is -2.07. The van der Waals surface area contributed by atoms with Crippen LogP contribution in [0, 0.1) is 0 Å². The van der Waals surface area contributed by atoms with E-state index in [1.807, 2.05) is 36.4 Å². The van der Waals surface area contributed by atoms with Crippen molar-refractivity contribution in [2.75, 3.05) is 5.32 Å². The molecule has 124 valence electrons. The molecule has 0 atom stereocenters. The van der Waals surface area contributed by atoms with Gasteiger partial charge >= 0.3 is 11.8 Å². The van der Waals surface area contributed by atoms with Crippen LogP contribution in [0.15, 0.2) is 58.1 Å². The van der Waals surface area contributed by atoms with Crippen molar-refractivity contribution in [1.82, 2.24) is 5.43 Å². The molecule has 5 nitrogen and oxygen atoms in total. The Kier molecular flexibility index (Phi) is 6.26. The first-order chi connectivity index (χ1) is 11.5. The third-order valence-corrected chi connectivity index (χ3v) is 3.82. The molecule has 6 heteroatoms. The van der Waals surface area contributed by atoms with E-state index in [0.29, 0.717) is 11.6 Å². The summed E-state index contributed by atoms with van der Waals surface area (Å²) >= 11 is 3.33. The molecule has 0 bridgehead atoms. The number of hydrogen-bond donors (Lipinski definition) is 2. The van der Waals surface area contributed by atoms with Crippen molar-refractivity contribution in [3.63, 3.8) is 0 Å². The molecule has 0 aromatic heterocycles. The van der Waals surface area contributed by atoms with Crippen LogP contribution in [0.1, 0.15) is 30.9 Å². The molecule has 0 fully saturated rings. The van der Waals surface area contributed by atoms with Crippen molar-refractivity contribution in [3.8, 4) is 0 Å². The van der Waals surface area contributed by atoms with Gasteiger partial charge in [0.2, 0.25) is 0 Å². The van der Waals surface area contributed by atoms with Crippen LogP contribution in [0.5, 0.6) is 0 Å². The summed E-state index contributed by atoms with van der Waals surface area (Å²) in [6.45, 7) is 4.18. The second-order valence-corrected chi connectivity index (χ2v) is 6.40. The topological polar surface area (TPSA) is 70.6 Å². The van der Waals surface area contributed by atoms with Gasteiger partial charge in [-0.15, -0.1) is 0 Å². The molecule has 24 heavy (non-hydrogen) atoms. The molecule has 2 amide bonds. The lowest BCUT2D eigenvalue weighted by atomic mass is 10.0. The lowest BCUT2D eigenvalue weighted by Crippen LogP contribution is -2.32. The average molecular weight is 388 g/mol. The number of carbonyl (C=O) groups is 2. The Morgan fingerprint density at radius 3 is 2.21 bits per heavy atom. The summed E-state index contributed by atoms with van der Waals surface area (Å²) in [6, 6.07) is 14.8. The number of rotatable bonds is 4. The maximum absolute atomic E-state index is 11.8. The zero-order valence-corrected chi connectivity index (χ0v) is 15.0. The van der Waals surface area contributed by atoms with E-state index in [2.05, 4.69) is 45.6 Å². The molecular weight excluding hydrogens is 370 g/mol. The molecule has 0 saturated heterocycles. The van der Waals surface area contributed by atoms with Gasteiger partial charge in [0.05, 0.1) is 6.21 Å². The van der Waals surface area contributed by atoms with E-state index in [9.17, 15) is 9.59 Å². The van der Waals surface area contributed by atoms with Crippen LogP contribution in [0.25, 0.3) is 0 Å². The van der Waals surface area contributed by atoms with Crippen LogP contribution in [-0.2, 0) is 9.59 Å². The van der Waals surface area contributed by atoms with Crippen LogP contribution in [-0.4, -0.2) is 18.0 Å². The van der Waals surface area contributed by atoms with E-state index in [1.165, 1.54) is 6.21 Å². The number of carbonyl (C=O) groups excluding carboxylic acids is 2. The molecule has 2 rings (SSSR count). The third-order valence-electron chi connectivity index (χ3n) is 3.29. The second-order valence-electron chi connectivity index (χ2n) is 5.48. The van der Waals surface area contributed by atoms with Gasteiger partial charge in [0.1, 0.15) is 0 Å². The molecule has 2 aromatic carbocycles. The summed E-state index contributed by atoms with van der Waals surface area (Å²) in [6.07, 6.45) is 1.47. The van der Waals surface area contributed by atoms with Gasteiger partial charge in [-0.05, 0) is 41.3 Å². The highest BCUT2D eigenvalue weighted by Gasteiger charge is 2.12. The Morgan fingerprint density at radius 1 is 1.00 bits per heavy atom. The maximum atomic E-state index is 11.8. The maximum Gasteiger partial charge on any atom is 0.329 e. The summed E-state index contributed by atoms with van der Waals surface area (Å²) in [4.78, 5) is 23.5. The molecule has 0 aliphatic rings. The summed E-state index contributed by atoms with van der Waals surface area (Å²) in [5.74, 6) is -1.18. The number of benzene rings is 2. The van der Waals surface area contributed by atoms with E-state index in [-0.39, 0.29) is 0 Å². The first kappa shape index (κ1) is 17.9. The van der Waals surface area contributed by atoms with E-state index < -0.39 is 11.8 Å². The Labute approximate surface area is 149 Å². The van der Waals surface area contributed by atoms with Crippen molar-refractivity contribution in [1.29, 1.82) is 0 Å². The van der Waals surface area contributed by atoms with Crippen molar-refractivity contribution < 1.29 is 9.59 Å². The van der Waals surface area contributed by atoms with Gasteiger partial charge in [-0.2, -0.15) is 5.10 Å². The van der Waals surface area contributed by atoms with Crippen LogP contribution in [0.3, 0.4) is 0 Å². The normalized spacial score (nSPS) is 10.8. The smallest absolute Gasteiger partial charge is 0.318 e. The van der Waals surface area contributed by atoms with Gasteiger partial charge in [-0.25, -0.2) is 5.43 Å². The third kappa shape index (κ3) is 5.31. The zero-order chi connectivity index (χ0) is 17.5. The first-order valence-electron chi connectivity index (χ1n) is 7.45. The van der Waals surface area contributed by atoms with Crippen LogP contribution in [0.2, 0.25) is 0 Å². The van der Waals surface area contributed by atoms with Crippen molar-refractivity contribution in [3.05, 3.63) is 64.1 Å². The lowest BCUT2D eigenvalue weighted by molar-refractivity contribution is -0.136. The number of amides is 2. The fraction of sp³-hybridized carbons (Fsp3) is 0.167. The summed E-state index contributed by atoms with van der Waals surface area (Å²) in [7, 11) is 0. The number of halogens is 1. The molecule has 0 unspecified atom stereocenters. The van der Waals surface area contributed by atoms with Crippen LogP contribution < -0.4 is 10.7 Å². The molecule has 2 N–H and O–H groups in total. The highest BCUT2D eigenvalue weighted by Crippen LogP contribution is 2.17. The molecule has 2 aromatic rings.